The fourth-order valence-corrected chi connectivity index (χ4v) is 2.67. The second-order valence-electron chi connectivity index (χ2n) is 4.07. The van der Waals surface area contributed by atoms with Crippen LogP contribution in [0.25, 0.3) is 0 Å². The van der Waals surface area contributed by atoms with Crippen molar-refractivity contribution in [1.29, 1.82) is 0 Å². The molecule has 1 aliphatic heterocycles. The molecule has 5 heteroatoms. The van der Waals surface area contributed by atoms with Gasteiger partial charge >= 0.3 is 0 Å². The number of hydrogen-bond donors (Lipinski definition) is 2. The van der Waals surface area contributed by atoms with E-state index in [0.717, 1.165) is 32.5 Å². The van der Waals surface area contributed by atoms with Crippen molar-refractivity contribution in [3.05, 3.63) is 11.1 Å². The minimum absolute atomic E-state index is 0.335. The maximum atomic E-state index is 9.03. The Labute approximate surface area is 93.7 Å². The van der Waals surface area contributed by atoms with Crippen LogP contribution in [0.4, 0.5) is 5.13 Å². The van der Waals surface area contributed by atoms with Crippen molar-refractivity contribution >= 4 is 16.5 Å². The van der Waals surface area contributed by atoms with Crippen LogP contribution in [-0.2, 0) is 6.54 Å². The van der Waals surface area contributed by atoms with E-state index in [-0.39, 0.29) is 0 Å². The molecule has 1 aliphatic rings. The molecule has 1 aromatic rings. The average Bonchev–Trinajstić information content (AvgIpc) is 2.65. The Morgan fingerprint density at radius 2 is 2.27 bits per heavy atom. The molecule has 3 N–H and O–H groups in total. The third-order valence-electron chi connectivity index (χ3n) is 2.92. The predicted molar refractivity (Wildman–Crippen MR) is 61.6 cm³/mol. The number of likely N-dealkylation sites (tertiary alicyclic amines) is 1. The summed E-state index contributed by atoms with van der Waals surface area (Å²) in [6, 6.07) is 0. The molecule has 0 unspecified atom stereocenters. The van der Waals surface area contributed by atoms with E-state index in [0.29, 0.717) is 17.7 Å². The molecule has 84 valence electrons. The van der Waals surface area contributed by atoms with E-state index in [9.17, 15) is 0 Å². The van der Waals surface area contributed by atoms with Crippen molar-refractivity contribution in [1.82, 2.24) is 9.88 Å². The van der Waals surface area contributed by atoms with Gasteiger partial charge in [-0.2, -0.15) is 0 Å². The van der Waals surface area contributed by atoms with Crippen LogP contribution in [0.3, 0.4) is 0 Å². The number of hydrogen-bond acceptors (Lipinski definition) is 5. The number of nitrogens with zero attached hydrogens (tertiary/aromatic N) is 2. The van der Waals surface area contributed by atoms with Crippen molar-refractivity contribution < 1.29 is 5.11 Å². The van der Waals surface area contributed by atoms with Crippen LogP contribution in [0.2, 0.25) is 0 Å². The first-order chi connectivity index (χ1) is 7.28. The Hall–Kier alpha value is -0.650. The number of thiazole rings is 1. The molecular weight excluding hydrogens is 210 g/mol. The van der Waals surface area contributed by atoms with Gasteiger partial charge in [-0.15, -0.1) is 11.3 Å². The van der Waals surface area contributed by atoms with Crippen molar-refractivity contribution in [3.8, 4) is 0 Å². The summed E-state index contributed by atoms with van der Waals surface area (Å²) in [6.07, 6.45) is 4.06. The summed E-state index contributed by atoms with van der Waals surface area (Å²) in [4.78, 5) is 7.68. The van der Waals surface area contributed by atoms with Crippen LogP contribution in [-0.4, -0.2) is 34.7 Å². The van der Waals surface area contributed by atoms with Crippen LogP contribution < -0.4 is 5.73 Å². The second kappa shape index (κ2) is 4.92. The molecule has 1 aromatic heterocycles. The highest BCUT2D eigenvalue weighted by Gasteiger charge is 2.18. The number of nitrogen functional groups attached to an aromatic ring is 1. The fourth-order valence-electron chi connectivity index (χ4n) is 1.94. The Morgan fingerprint density at radius 3 is 2.80 bits per heavy atom. The van der Waals surface area contributed by atoms with E-state index in [1.54, 1.807) is 11.3 Å². The van der Waals surface area contributed by atoms with Crippen molar-refractivity contribution in [2.75, 3.05) is 25.4 Å². The molecule has 0 radical (unpaired) electrons. The van der Waals surface area contributed by atoms with Crippen molar-refractivity contribution in [3.63, 3.8) is 0 Å². The standard InChI is InChI=1S/C10H17N3OS/c11-10-12-5-9(15-10)6-13-3-1-8(7-14)2-4-13/h5,8,14H,1-4,6-7H2,(H2,11,12). The first-order valence-corrected chi connectivity index (χ1v) is 6.13. The fraction of sp³-hybridized carbons (Fsp3) is 0.700. The van der Waals surface area contributed by atoms with E-state index in [1.807, 2.05) is 6.20 Å². The van der Waals surface area contributed by atoms with Crippen molar-refractivity contribution in [2.24, 2.45) is 5.92 Å². The number of aliphatic hydroxyl groups is 1. The number of aromatic nitrogens is 1. The Morgan fingerprint density at radius 1 is 1.53 bits per heavy atom. The molecule has 4 nitrogen and oxygen atoms in total. The maximum Gasteiger partial charge on any atom is 0.180 e. The van der Waals surface area contributed by atoms with Crippen LogP contribution in [0.5, 0.6) is 0 Å². The van der Waals surface area contributed by atoms with Gasteiger partial charge in [-0.1, -0.05) is 0 Å². The smallest absolute Gasteiger partial charge is 0.180 e. The lowest BCUT2D eigenvalue weighted by atomic mass is 9.98. The summed E-state index contributed by atoms with van der Waals surface area (Å²) >= 11 is 1.56. The number of piperidine rings is 1. The molecule has 0 spiro atoms. The number of anilines is 1. The van der Waals surface area contributed by atoms with Gasteiger partial charge in [0.25, 0.3) is 0 Å². The van der Waals surface area contributed by atoms with Gasteiger partial charge in [0.05, 0.1) is 0 Å². The quantitative estimate of drug-likeness (QED) is 0.806. The highest BCUT2D eigenvalue weighted by Crippen LogP contribution is 2.21. The second-order valence-corrected chi connectivity index (χ2v) is 5.21. The molecule has 0 atom stereocenters. The zero-order valence-corrected chi connectivity index (χ0v) is 9.54. The molecule has 0 aliphatic carbocycles. The molecule has 0 amide bonds. The third-order valence-corrected chi connectivity index (χ3v) is 3.73. The SMILES string of the molecule is Nc1ncc(CN2CCC(CO)CC2)s1. The number of nitrogens with two attached hydrogens (primary N) is 1. The van der Waals surface area contributed by atoms with E-state index in [2.05, 4.69) is 9.88 Å². The van der Waals surface area contributed by atoms with Gasteiger partial charge in [0.1, 0.15) is 0 Å². The van der Waals surface area contributed by atoms with Crippen LogP contribution >= 0.6 is 11.3 Å². The largest absolute Gasteiger partial charge is 0.396 e. The highest BCUT2D eigenvalue weighted by molar-refractivity contribution is 7.15. The molecule has 1 saturated heterocycles. The molecule has 15 heavy (non-hydrogen) atoms. The topological polar surface area (TPSA) is 62.4 Å². The first kappa shape index (κ1) is 10.9. The van der Waals surface area contributed by atoms with Gasteiger partial charge < -0.3 is 10.8 Å². The van der Waals surface area contributed by atoms with Crippen LogP contribution in [0.1, 0.15) is 17.7 Å². The van der Waals surface area contributed by atoms with Gasteiger partial charge in [0.2, 0.25) is 0 Å². The monoisotopic (exact) mass is 227 g/mol. The van der Waals surface area contributed by atoms with Crippen LogP contribution in [0.15, 0.2) is 6.20 Å². The van der Waals surface area contributed by atoms with E-state index in [4.69, 9.17) is 10.8 Å². The number of aliphatic hydroxyl groups excluding tert-OH is 1. The lowest BCUT2D eigenvalue weighted by Gasteiger charge is -2.30. The molecule has 1 fully saturated rings. The maximum absolute atomic E-state index is 9.03. The van der Waals surface area contributed by atoms with Gasteiger partial charge in [-0.05, 0) is 31.8 Å². The Balaban J connectivity index is 1.82. The third kappa shape index (κ3) is 2.90. The summed E-state index contributed by atoms with van der Waals surface area (Å²) in [5.41, 5.74) is 5.58. The minimum Gasteiger partial charge on any atom is -0.396 e. The van der Waals surface area contributed by atoms with Gasteiger partial charge in [-0.25, -0.2) is 4.98 Å². The predicted octanol–water partition coefficient (Wildman–Crippen LogP) is 0.930. The zero-order chi connectivity index (χ0) is 10.7. The normalized spacial score (nSPS) is 19.5. The van der Waals surface area contributed by atoms with Crippen molar-refractivity contribution in [2.45, 2.75) is 19.4 Å². The molecule has 0 saturated carbocycles. The molecule has 2 heterocycles. The lowest BCUT2D eigenvalue weighted by molar-refractivity contribution is 0.128. The van der Waals surface area contributed by atoms with Gasteiger partial charge in [-0.3, -0.25) is 4.90 Å². The Kier molecular flexibility index (Phi) is 3.56. The molecular formula is C10H17N3OS. The van der Waals surface area contributed by atoms with E-state index < -0.39 is 0 Å². The Bertz CT molecular complexity index is 307. The molecule has 2 rings (SSSR count). The molecule has 0 bridgehead atoms. The summed E-state index contributed by atoms with van der Waals surface area (Å²) < 4.78 is 0. The van der Waals surface area contributed by atoms with E-state index in [1.165, 1.54) is 4.88 Å². The van der Waals surface area contributed by atoms with Gasteiger partial charge in [0.15, 0.2) is 5.13 Å². The van der Waals surface area contributed by atoms with Crippen LogP contribution in [0, 0.1) is 5.92 Å². The summed E-state index contributed by atoms with van der Waals surface area (Å²) in [7, 11) is 0. The van der Waals surface area contributed by atoms with E-state index >= 15 is 0 Å². The van der Waals surface area contributed by atoms with Gasteiger partial charge in [0, 0.05) is 24.2 Å². The molecule has 0 aromatic carbocycles. The highest BCUT2D eigenvalue weighted by atomic mass is 32.1. The summed E-state index contributed by atoms with van der Waals surface area (Å²) in [5, 5.41) is 9.68. The zero-order valence-electron chi connectivity index (χ0n) is 8.72. The lowest BCUT2D eigenvalue weighted by Crippen LogP contribution is -2.34. The first-order valence-electron chi connectivity index (χ1n) is 5.31. The number of rotatable bonds is 3. The summed E-state index contributed by atoms with van der Waals surface area (Å²) in [6.45, 7) is 3.43. The average molecular weight is 227 g/mol. The minimum atomic E-state index is 0.335. The summed E-state index contributed by atoms with van der Waals surface area (Å²) in [5.74, 6) is 0.507.